The summed E-state index contributed by atoms with van der Waals surface area (Å²) in [5.41, 5.74) is 7.59. The number of benzene rings is 1. The molecule has 2 N–H and O–H groups in total. The molecule has 0 aliphatic heterocycles. The molecule has 0 bridgehead atoms. The smallest absolute Gasteiger partial charge is 0.122 e. The summed E-state index contributed by atoms with van der Waals surface area (Å²) in [4.78, 5) is 0. The molecule has 0 unspecified atom stereocenters. The number of methoxy groups -OCH3 is 2. The van der Waals surface area contributed by atoms with E-state index < -0.39 is 0 Å². The van der Waals surface area contributed by atoms with Gasteiger partial charge in [-0.05, 0) is 43.0 Å². The lowest BCUT2D eigenvalue weighted by Gasteiger charge is -2.34. The van der Waals surface area contributed by atoms with Gasteiger partial charge >= 0.3 is 0 Å². The van der Waals surface area contributed by atoms with Gasteiger partial charge in [0.25, 0.3) is 0 Å². The van der Waals surface area contributed by atoms with Crippen LogP contribution in [0.1, 0.15) is 37.7 Å². The van der Waals surface area contributed by atoms with E-state index in [9.17, 15) is 0 Å². The third-order valence-corrected chi connectivity index (χ3v) is 3.88. The maximum atomic E-state index is 6.51. The Bertz CT molecular complexity index is 397. The van der Waals surface area contributed by atoms with Crippen molar-refractivity contribution in [2.24, 2.45) is 5.73 Å². The molecule has 18 heavy (non-hydrogen) atoms. The minimum Gasteiger partial charge on any atom is -0.497 e. The van der Waals surface area contributed by atoms with Gasteiger partial charge in [0.15, 0.2) is 0 Å². The zero-order chi connectivity index (χ0) is 13.0. The summed E-state index contributed by atoms with van der Waals surface area (Å²) in [6, 6.07) is 5.93. The van der Waals surface area contributed by atoms with E-state index in [0.717, 1.165) is 36.3 Å². The Kier molecular flexibility index (Phi) is 4.12. The van der Waals surface area contributed by atoms with Crippen LogP contribution in [0.5, 0.6) is 11.5 Å². The van der Waals surface area contributed by atoms with Gasteiger partial charge in [0.2, 0.25) is 0 Å². The van der Waals surface area contributed by atoms with Gasteiger partial charge in [-0.1, -0.05) is 19.3 Å². The zero-order valence-corrected chi connectivity index (χ0v) is 11.4. The van der Waals surface area contributed by atoms with Crippen molar-refractivity contribution >= 4 is 0 Å². The second-order valence-electron chi connectivity index (χ2n) is 5.28. The van der Waals surface area contributed by atoms with Crippen molar-refractivity contribution in [2.75, 3.05) is 14.2 Å². The van der Waals surface area contributed by atoms with Gasteiger partial charge in [-0.2, -0.15) is 0 Å². The van der Waals surface area contributed by atoms with Crippen LogP contribution < -0.4 is 15.2 Å². The van der Waals surface area contributed by atoms with E-state index in [0.29, 0.717) is 0 Å². The van der Waals surface area contributed by atoms with Crippen LogP contribution in [0.15, 0.2) is 18.2 Å². The van der Waals surface area contributed by atoms with Gasteiger partial charge in [0, 0.05) is 5.54 Å². The Morgan fingerprint density at radius 3 is 2.44 bits per heavy atom. The molecule has 1 aliphatic rings. The third-order valence-electron chi connectivity index (χ3n) is 3.88. The minimum atomic E-state index is -0.0715. The van der Waals surface area contributed by atoms with Gasteiger partial charge in [-0.15, -0.1) is 0 Å². The molecule has 3 heteroatoms. The van der Waals surface area contributed by atoms with Crippen LogP contribution >= 0.6 is 0 Å². The van der Waals surface area contributed by atoms with Crippen LogP contribution in [0.3, 0.4) is 0 Å². The van der Waals surface area contributed by atoms with E-state index in [1.54, 1.807) is 14.2 Å². The molecule has 1 aliphatic carbocycles. The quantitative estimate of drug-likeness (QED) is 0.892. The number of hydrogen-bond donors (Lipinski definition) is 1. The highest BCUT2D eigenvalue weighted by molar-refractivity contribution is 5.41. The highest BCUT2D eigenvalue weighted by atomic mass is 16.5. The lowest BCUT2D eigenvalue weighted by molar-refractivity contribution is 0.289. The molecular weight excluding hydrogens is 226 g/mol. The Balaban J connectivity index is 2.20. The molecule has 1 aromatic rings. The fourth-order valence-corrected chi connectivity index (χ4v) is 2.83. The first-order valence-corrected chi connectivity index (χ1v) is 6.67. The van der Waals surface area contributed by atoms with Crippen LogP contribution in [0.25, 0.3) is 0 Å². The fraction of sp³-hybridized carbons (Fsp3) is 0.600. The molecule has 1 fully saturated rings. The summed E-state index contributed by atoms with van der Waals surface area (Å²) in [6.07, 6.45) is 6.87. The predicted octanol–water partition coefficient (Wildman–Crippen LogP) is 2.91. The molecule has 0 saturated heterocycles. The van der Waals surface area contributed by atoms with Crippen LogP contribution in [0.2, 0.25) is 0 Å². The van der Waals surface area contributed by atoms with Crippen molar-refractivity contribution in [3.63, 3.8) is 0 Å². The number of rotatable bonds is 4. The van der Waals surface area contributed by atoms with Crippen molar-refractivity contribution < 1.29 is 9.47 Å². The summed E-state index contributed by atoms with van der Waals surface area (Å²) in [5, 5.41) is 0. The van der Waals surface area contributed by atoms with Gasteiger partial charge in [-0.3, -0.25) is 0 Å². The molecule has 100 valence electrons. The summed E-state index contributed by atoms with van der Waals surface area (Å²) in [5.74, 6) is 1.77. The molecule has 0 amide bonds. The van der Waals surface area contributed by atoms with Gasteiger partial charge in [0.05, 0.1) is 14.2 Å². The Labute approximate surface area is 109 Å². The summed E-state index contributed by atoms with van der Waals surface area (Å²) < 4.78 is 10.7. The second kappa shape index (κ2) is 5.61. The average molecular weight is 249 g/mol. The predicted molar refractivity (Wildman–Crippen MR) is 73.3 cm³/mol. The normalized spacial score (nSPS) is 18.4. The first-order chi connectivity index (χ1) is 8.67. The Morgan fingerprint density at radius 2 is 1.83 bits per heavy atom. The highest BCUT2D eigenvalue weighted by Crippen LogP contribution is 2.33. The van der Waals surface area contributed by atoms with E-state index >= 15 is 0 Å². The van der Waals surface area contributed by atoms with Crippen molar-refractivity contribution in [1.82, 2.24) is 0 Å². The van der Waals surface area contributed by atoms with E-state index in [1.165, 1.54) is 19.3 Å². The first kappa shape index (κ1) is 13.2. The van der Waals surface area contributed by atoms with Crippen LogP contribution in [0.4, 0.5) is 0 Å². The highest BCUT2D eigenvalue weighted by Gasteiger charge is 2.28. The molecule has 1 saturated carbocycles. The number of ether oxygens (including phenoxy) is 2. The summed E-state index contributed by atoms with van der Waals surface area (Å²) in [7, 11) is 3.39. The molecule has 0 heterocycles. The standard InChI is InChI=1S/C15H23NO2/c1-17-13-6-7-14(18-2)12(10-13)11-15(16)8-4-3-5-9-15/h6-7,10H,3-5,8-9,11,16H2,1-2H3. The molecule has 0 aromatic heterocycles. The zero-order valence-electron chi connectivity index (χ0n) is 11.4. The number of nitrogens with two attached hydrogens (primary N) is 1. The van der Waals surface area contributed by atoms with Gasteiger partial charge in [0.1, 0.15) is 11.5 Å². The van der Waals surface area contributed by atoms with E-state index in [1.807, 2.05) is 18.2 Å². The van der Waals surface area contributed by atoms with Crippen LogP contribution in [-0.2, 0) is 6.42 Å². The topological polar surface area (TPSA) is 44.5 Å². The van der Waals surface area contributed by atoms with Gasteiger partial charge in [-0.25, -0.2) is 0 Å². The average Bonchev–Trinajstić information content (AvgIpc) is 2.39. The number of hydrogen-bond acceptors (Lipinski definition) is 3. The van der Waals surface area contributed by atoms with Crippen molar-refractivity contribution in [2.45, 2.75) is 44.1 Å². The lowest BCUT2D eigenvalue weighted by atomic mass is 9.78. The van der Waals surface area contributed by atoms with Crippen LogP contribution in [-0.4, -0.2) is 19.8 Å². The Hall–Kier alpha value is -1.22. The first-order valence-electron chi connectivity index (χ1n) is 6.67. The van der Waals surface area contributed by atoms with E-state index in [4.69, 9.17) is 15.2 Å². The second-order valence-corrected chi connectivity index (χ2v) is 5.28. The maximum absolute atomic E-state index is 6.51. The molecule has 0 atom stereocenters. The molecule has 3 nitrogen and oxygen atoms in total. The van der Waals surface area contributed by atoms with Crippen molar-refractivity contribution in [1.29, 1.82) is 0 Å². The molecule has 1 aromatic carbocycles. The molecule has 0 radical (unpaired) electrons. The summed E-state index contributed by atoms with van der Waals surface area (Å²) in [6.45, 7) is 0. The van der Waals surface area contributed by atoms with Crippen molar-refractivity contribution in [3.05, 3.63) is 23.8 Å². The Morgan fingerprint density at radius 1 is 1.11 bits per heavy atom. The lowest BCUT2D eigenvalue weighted by Crippen LogP contribution is -2.43. The van der Waals surface area contributed by atoms with E-state index in [2.05, 4.69) is 0 Å². The third kappa shape index (κ3) is 2.96. The van der Waals surface area contributed by atoms with Gasteiger partial charge < -0.3 is 15.2 Å². The van der Waals surface area contributed by atoms with Crippen molar-refractivity contribution in [3.8, 4) is 11.5 Å². The molecule has 2 rings (SSSR count). The SMILES string of the molecule is COc1ccc(OC)c(CC2(N)CCCCC2)c1. The monoisotopic (exact) mass is 249 g/mol. The fourth-order valence-electron chi connectivity index (χ4n) is 2.83. The molecular formula is C15H23NO2. The largest absolute Gasteiger partial charge is 0.497 e. The minimum absolute atomic E-state index is 0.0715. The maximum Gasteiger partial charge on any atom is 0.122 e. The van der Waals surface area contributed by atoms with Crippen LogP contribution in [0, 0.1) is 0 Å². The van der Waals surface area contributed by atoms with E-state index in [-0.39, 0.29) is 5.54 Å². The summed E-state index contributed by atoms with van der Waals surface area (Å²) >= 11 is 0. The molecule has 0 spiro atoms.